The number of rotatable bonds is 5. The van der Waals surface area contributed by atoms with E-state index < -0.39 is 0 Å². The molecule has 0 radical (unpaired) electrons. The summed E-state index contributed by atoms with van der Waals surface area (Å²) in [7, 11) is 1.75. The fourth-order valence-electron chi connectivity index (χ4n) is 2.87. The molecule has 2 N–H and O–H groups in total. The quantitative estimate of drug-likeness (QED) is 0.288. The first kappa shape index (κ1) is 21.5. The number of ether oxygens (including phenoxy) is 1. The number of aliphatic imine (C=N–C) groups is 1. The molecule has 0 atom stereocenters. The van der Waals surface area contributed by atoms with Gasteiger partial charge in [0, 0.05) is 48.8 Å². The van der Waals surface area contributed by atoms with Crippen molar-refractivity contribution in [1.82, 2.24) is 10.6 Å². The maximum atomic E-state index is 6.47. The van der Waals surface area contributed by atoms with Crippen molar-refractivity contribution in [2.75, 3.05) is 33.4 Å². The maximum Gasteiger partial charge on any atom is 0.191 e. The molecular weight excluding hydrogens is 460 g/mol. The Labute approximate surface area is 171 Å². The Morgan fingerprint density at radius 2 is 2.04 bits per heavy atom. The normalized spacial score (nSPS) is 16.9. The highest BCUT2D eigenvalue weighted by molar-refractivity contribution is 14.0. The zero-order chi connectivity index (χ0) is 16.7. The highest BCUT2D eigenvalue weighted by Gasteiger charge is 2.36. The van der Waals surface area contributed by atoms with E-state index in [0.717, 1.165) is 44.1 Å². The second-order valence-corrected chi connectivity index (χ2v) is 6.46. The van der Waals surface area contributed by atoms with E-state index in [2.05, 4.69) is 22.2 Å². The summed E-state index contributed by atoms with van der Waals surface area (Å²) in [6, 6.07) is 5.73. The summed E-state index contributed by atoms with van der Waals surface area (Å²) in [5, 5.41) is 7.94. The van der Waals surface area contributed by atoms with Gasteiger partial charge in [0.15, 0.2) is 5.96 Å². The molecule has 24 heavy (non-hydrogen) atoms. The third-order valence-electron chi connectivity index (χ3n) is 4.18. The molecule has 0 aromatic heterocycles. The monoisotopic (exact) mass is 483 g/mol. The van der Waals surface area contributed by atoms with Crippen molar-refractivity contribution in [2.45, 2.75) is 18.3 Å². The number of benzene rings is 1. The van der Waals surface area contributed by atoms with Gasteiger partial charge < -0.3 is 15.4 Å². The first-order chi connectivity index (χ1) is 11.1. The number of hydrogen-bond donors (Lipinski definition) is 2. The van der Waals surface area contributed by atoms with Crippen molar-refractivity contribution in [3.63, 3.8) is 0 Å². The molecule has 0 saturated carbocycles. The third kappa shape index (κ3) is 5.51. The molecule has 0 spiro atoms. The Kier molecular flexibility index (Phi) is 9.41. The summed E-state index contributed by atoms with van der Waals surface area (Å²) in [4.78, 5) is 4.23. The van der Waals surface area contributed by atoms with Gasteiger partial charge in [0.25, 0.3) is 0 Å². The predicted molar refractivity (Wildman–Crippen MR) is 113 cm³/mol. The fourth-order valence-corrected chi connectivity index (χ4v) is 3.47. The molecule has 134 valence electrons. The van der Waals surface area contributed by atoms with Crippen LogP contribution >= 0.6 is 47.2 Å². The second kappa shape index (κ2) is 10.5. The minimum atomic E-state index is -0.0915. The van der Waals surface area contributed by atoms with Crippen LogP contribution in [0, 0.1) is 0 Å². The van der Waals surface area contributed by atoms with Gasteiger partial charge in [-0.25, -0.2) is 0 Å². The summed E-state index contributed by atoms with van der Waals surface area (Å²) in [5.74, 6) is 0.751. The van der Waals surface area contributed by atoms with E-state index in [4.69, 9.17) is 27.9 Å². The van der Waals surface area contributed by atoms with E-state index in [1.807, 2.05) is 12.1 Å². The van der Waals surface area contributed by atoms with E-state index in [9.17, 15) is 0 Å². The van der Waals surface area contributed by atoms with Gasteiger partial charge in [0.05, 0.1) is 0 Å². The summed E-state index contributed by atoms with van der Waals surface area (Å²) in [6.45, 7) is 6.54. The number of halogens is 3. The van der Waals surface area contributed by atoms with Crippen LogP contribution in [-0.4, -0.2) is 39.3 Å². The average molecular weight is 484 g/mol. The zero-order valence-electron chi connectivity index (χ0n) is 13.8. The van der Waals surface area contributed by atoms with Crippen LogP contribution in [0.3, 0.4) is 0 Å². The lowest BCUT2D eigenvalue weighted by molar-refractivity contribution is 0.0514. The van der Waals surface area contributed by atoms with Gasteiger partial charge in [-0.1, -0.05) is 35.3 Å². The summed E-state index contributed by atoms with van der Waals surface area (Å²) in [6.07, 6.45) is 3.60. The lowest BCUT2D eigenvalue weighted by atomic mass is 9.74. The van der Waals surface area contributed by atoms with E-state index in [-0.39, 0.29) is 29.4 Å². The minimum absolute atomic E-state index is 0. The Balaban J connectivity index is 0.00000288. The number of hydrogen-bond acceptors (Lipinski definition) is 2. The van der Waals surface area contributed by atoms with Gasteiger partial charge in [-0.3, -0.25) is 4.99 Å². The molecule has 0 amide bonds. The van der Waals surface area contributed by atoms with Crippen molar-refractivity contribution >= 4 is 53.1 Å². The summed E-state index contributed by atoms with van der Waals surface area (Å²) in [5.41, 5.74) is 1.02. The highest BCUT2D eigenvalue weighted by atomic mass is 127. The lowest BCUT2D eigenvalue weighted by Crippen LogP contribution is -2.48. The Morgan fingerprint density at radius 3 is 2.62 bits per heavy atom. The maximum absolute atomic E-state index is 6.47. The third-order valence-corrected chi connectivity index (χ3v) is 4.73. The van der Waals surface area contributed by atoms with E-state index >= 15 is 0 Å². The van der Waals surface area contributed by atoms with Crippen molar-refractivity contribution in [2.24, 2.45) is 4.99 Å². The van der Waals surface area contributed by atoms with Crippen LogP contribution in [0.4, 0.5) is 0 Å². The van der Waals surface area contributed by atoms with Crippen LogP contribution in [0.1, 0.15) is 18.4 Å². The molecule has 0 unspecified atom stereocenters. The molecule has 1 heterocycles. The summed E-state index contributed by atoms with van der Waals surface area (Å²) >= 11 is 12.5. The van der Waals surface area contributed by atoms with Gasteiger partial charge in [-0.15, -0.1) is 30.6 Å². The molecule has 1 aromatic carbocycles. The van der Waals surface area contributed by atoms with Crippen LogP contribution in [0.25, 0.3) is 0 Å². The number of nitrogens with one attached hydrogen (secondary N) is 2. The average Bonchev–Trinajstić information content (AvgIpc) is 2.56. The van der Waals surface area contributed by atoms with Crippen LogP contribution < -0.4 is 10.6 Å². The van der Waals surface area contributed by atoms with Gasteiger partial charge >= 0.3 is 0 Å². The fraction of sp³-hybridized carbons (Fsp3) is 0.471. The molecule has 1 fully saturated rings. The second-order valence-electron chi connectivity index (χ2n) is 5.61. The van der Waals surface area contributed by atoms with E-state index in [1.54, 1.807) is 19.2 Å². The predicted octanol–water partition coefficient (Wildman–Crippen LogP) is 4.01. The molecular formula is C17H24Cl2IN3O. The van der Waals surface area contributed by atoms with Gasteiger partial charge in [-0.2, -0.15) is 0 Å². The molecule has 2 rings (SSSR count). The molecule has 7 heteroatoms. The van der Waals surface area contributed by atoms with Crippen molar-refractivity contribution in [1.29, 1.82) is 0 Å². The number of nitrogens with zero attached hydrogens (tertiary/aromatic N) is 1. The smallest absolute Gasteiger partial charge is 0.191 e. The van der Waals surface area contributed by atoms with Crippen molar-refractivity contribution in [3.05, 3.63) is 46.5 Å². The molecule has 0 aliphatic carbocycles. The Hall–Kier alpha value is -0.500. The number of guanidine groups is 1. The Morgan fingerprint density at radius 1 is 1.33 bits per heavy atom. The first-order valence-corrected chi connectivity index (χ1v) is 8.45. The topological polar surface area (TPSA) is 45.7 Å². The van der Waals surface area contributed by atoms with Gasteiger partial charge in [0.2, 0.25) is 0 Å². The van der Waals surface area contributed by atoms with E-state index in [1.165, 1.54) is 0 Å². The van der Waals surface area contributed by atoms with E-state index in [0.29, 0.717) is 16.6 Å². The Bertz CT molecular complexity index is 575. The van der Waals surface area contributed by atoms with Crippen LogP contribution in [-0.2, 0) is 10.2 Å². The van der Waals surface area contributed by atoms with Crippen molar-refractivity contribution < 1.29 is 4.74 Å². The SMILES string of the molecule is C=CCNC(=NC)NCC1(c2ccc(Cl)cc2Cl)CCOCC1.I. The molecule has 1 aliphatic rings. The van der Waals surface area contributed by atoms with Crippen LogP contribution in [0.15, 0.2) is 35.8 Å². The highest BCUT2D eigenvalue weighted by Crippen LogP contribution is 2.39. The summed E-state index contributed by atoms with van der Waals surface area (Å²) < 4.78 is 5.55. The molecule has 1 aliphatic heterocycles. The van der Waals surface area contributed by atoms with Crippen LogP contribution in [0.2, 0.25) is 10.0 Å². The molecule has 1 saturated heterocycles. The molecule has 0 bridgehead atoms. The standard InChI is InChI=1S/C17H23Cl2N3O.HI/c1-3-8-21-16(20-2)22-12-17(6-9-23-10-7-17)14-5-4-13(18)11-15(14)19;/h3-5,11H,1,6-10,12H2,2H3,(H2,20,21,22);1H. The minimum Gasteiger partial charge on any atom is -0.381 e. The van der Waals surface area contributed by atoms with Crippen LogP contribution in [0.5, 0.6) is 0 Å². The largest absolute Gasteiger partial charge is 0.381 e. The van der Waals surface area contributed by atoms with Crippen molar-refractivity contribution in [3.8, 4) is 0 Å². The molecule has 4 nitrogen and oxygen atoms in total. The van der Waals surface area contributed by atoms with Gasteiger partial charge in [-0.05, 0) is 30.5 Å². The lowest BCUT2D eigenvalue weighted by Gasteiger charge is -2.38. The van der Waals surface area contributed by atoms with Gasteiger partial charge in [0.1, 0.15) is 0 Å². The first-order valence-electron chi connectivity index (χ1n) is 7.70. The zero-order valence-corrected chi connectivity index (χ0v) is 17.6. The molecule has 1 aromatic rings.